The smallest absolute Gasteiger partial charge is 0.141 e. The fraction of sp³-hybridized carbons (Fsp3) is 0.211. The second kappa shape index (κ2) is 4.47. The molecule has 0 aromatic heterocycles. The van der Waals surface area contributed by atoms with E-state index in [-0.39, 0.29) is 0 Å². The van der Waals surface area contributed by atoms with Gasteiger partial charge in [-0.25, -0.2) is 4.98 Å². The van der Waals surface area contributed by atoms with Crippen LogP contribution >= 0.6 is 0 Å². The van der Waals surface area contributed by atoms with E-state index in [1.807, 2.05) is 6.07 Å². The van der Waals surface area contributed by atoms with Gasteiger partial charge in [-0.2, -0.15) is 0 Å². The monoisotopic (exact) mass is 290 g/mol. The highest BCUT2D eigenvalue weighted by atomic mass is 16.5. The molecule has 0 N–H and O–H groups in total. The van der Waals surface area contributed by atoms with Crippen LogP contribution < -0.4 is 4.74 Å². The van der Waals surface area contributed by atoms with Gasteiger partial charge in [-0.3, -0.25) is 0 Å². The number of pyridine rings is 1. The van der Waals surface area contributed by atoms with Crippen molar-refractivity contribution >= 4 is 21.8 Å². The Morgan fingerprint density at radius 3 is 2.59 bits per heavy atom. The van der Waals surface area contributed by atoms with Gasteiger partial charge in [-0.15, -0.1) is 0 Å². The van der Waals surface area contributed by atoms with Gasteiger partial charge in [0.05, 0.1) is 12.6 Å². The molecule has 110 valence electrons. The largest absolute Gasteiger partial charge is 0.497 e. The average Bonchev–Trinajstić information content (AvgIpc) is 2.91. The summed E-state index contributed by atoms with van der Waals surface area (Å²) in [4.78, 5) is 4.84. The average molecular weight is 290 g/mol. The van der Waals surface area contributed by atoms with Crippen LogP contribution in [0.5, 0.6) is 5.75 Å². The number of fused-ring (bicyclic) bond motifs is 4. The molecule has 2 aromatic rings. The summed E-state index contributed by atoms with van der Waals surface area (Å²) < 4.78 is 7.57. The number of methoxy groups -OCH3 is 1. The van der Waals surface area contributed by atoms with Gasteiger partial charge in [0, 0.05) is 28.9 Å². The van der Waals surface area contributed by atoms with Crippen LogP contribution in [0, 0.1) is 13.8 Å². The molecule has 3 nitrogen and oxygen atoms in total. The Labute approximate surface area is 129 Å². The van der Waals surface area contributed by atoms with Crippen molar-refractivity contribution in [2.45, 2.75) is 13.8 Å². The van der Waals surface area contributed by atoms with Crippen LogP contribution in [0.2, 0.25) is 0 Å². The molecule has 0 fully saturated rings. The van der Waals surface area contributed by atoms with Gasteiger partial charge in [0.15, 0.2) is 0 Å². The van der Waals surface area contributed by atoms with Crippen molar-refractivity contribution in [1.29, 1.82) is 0 Å². The predicted octanol–water partition coefficient (Wildman–Crippen LogP) is 4.46. The van der Waals surface area contributed by atoms with Crippen molar-refractivity contribution in [1.82, 2.24) is 9.55 Å². The molecule has 3 heteroatoms. The highest BCUT2D eigenvalue weighted by Gasteiger charge is 2.20. The molecule has 0 spiro atoms. The van der Waals surface area contributed by atoms with E-state index in [2.05, 4.69) is 55.8 Å². The van der Waals surface area contributed by atoms with Crippen molar-refractivity contribution in [3.8, 4) is 17.1 Å². The number of benzene rings is 2. The van der Waals surface area contributed by atoms with E-state index in [1.54, 1.807) is 7.11 Å². The number of nitrogens with zero attached hydrogens (tertiary/aromatic N) is 2. The normalized spacial score (nSPS) is 11.6. The number of aryl methyl sites for hydroxylation is 3. The third-order valence-corrected chi connectivity index (χ3v) is 4.53. The quantitative estimate of drug-likeness (QED) is 0.517. The first-order valence-electron chi connectivity index (χ1n) is 7.43. The Bertz CT molecular complexity index is 998. The van der Waals surface area contributed by atoms with Gasteiger partial charge in [0.1, 0.15) is 11.6 Å². The Kier molecular flexibility index (Phi) is 2.67. The minimum absolute atomic E-state index is 0.884. The molecule has 0 aliphatic carbocycles. The summed E-state index contributed by atoms with van der Waals surface area (Å²) in [6.45, 7) is 4.30. The Hall–Kier alpha value is -2.55. The van der Waals surface area contributed by atoms with E-state index in [0.29, 0.717) is 0 Å². The van der Waals surface area contributed by atoms with Crippen LogP contribution in [0.15, 0.2) is 36.4 Å². The zero-order valence-electron chi connectivity index (χ0n) is 13.3. The molecular weight excluding hydrogens is 272 g/mol. The standard InChI is InChI=1S/C19H18N2O/c1-11-5-7-16-15(9-11)18-12(2)14-10-13(22-4)6-8-17(14)21(3)19(18)20-16/h5-10H,1-4H3. The predicted molar refractivity (Wildman–Crippen MR) is 90.9 cm³/mol. The number of hydrogen-bond acceptors (Lipinski definition) is 2. The molecular formula is C19H18N2O. The van der Waals surface area contributed by atoms with Crippen LogP contribution in [0.1, 0.15) is 11.1 Å². The van der Waals surface area contributed by atoms with Crippen LogP contribution in [0.25, 0.3) is 33.2 Å². The molecule has 0 atom stereocenters. The molecule has 0 unspecified atom stereocenters. The summed E-state index contributed by atoms with van der Waals surface area (Å²) in [5, 5.41) is 2.44. The van der Waals surface area contributed by atoms with Gasteiger partial charge in [0.25, 0.3) is 0 Å². The maximum absolute atomic E-state index is 5.39. The van der Waals surface area contributed by atoms with Gasteiger partial charge >= 0.3 is 0 Å². The minimum atomic E-state index is 0.884. The second-order valence-corrected chi connectivity index (χ2v) is 5.90. The Morgan fingerprint density at radius 1 is 1.00 bits per heavy atom. The van der Waals surface area contributed by atoms with Crippen LogP contribution in [-0.4, -0.2) is 16.7 Å². The van der Waals surface area contributed by atoms with Gasteiger partial charge in [0.2, 0.25) is 0 Å². The lowest BCUT2D eigenvalue weighted by atomic mass is 9.99. The van der Waals surface area contributed by atoms with Gasteiger partial charge in [-0.05, 0) is 49.7 Å². The SMILES string of the molecule is COc1ccc2c(c1)c(C)c1c3cc(C)ccc3nc-1n2C. The molecule has 2 aromatic carbocycles. The summed E-state index contributed by atoms with van der Waals surface area (Å²) in [5.41, 5.74) is 5.98. The molecule has 0 amide bonds. The van der Waals surface area contributed by atoms with E-state index in [1.165, 1.54) is 33.0 Å². The molecule has 2 heterocycles. The molecule has 0 radical (unpaired) electrons. The highest BCUT2D eigenvalue weighted by Crippen LogP contribution is 2.39. The van der Waals surface area contributed by atoms with Gasteiger partial charge < -0.3 is 9.30 Å². The third-order valence-electron chi connectivity index (χ3n) is 4.53. The molecule has 0 bridgehead atoms. The molecule has 0 saturated heterocycles. The van der Waals surface area contributed by atoms with Crippen molar-refractivity contribution in [3.63, 3.8) is 0 Å². The maximum Gasteiger partial charge on any atom is 0.141 e. The van der Waals surface area contributed by atoms with E-state index in [4.69, 9.17) is 9.72 Å². The Morgan fingerprint density at radius 2 is 1.82 bits per heavy atom. The number of rotatable bonds is 1. The topological polar surface area (TPSA) is 27.1 Å². The molecule has 0 saturated carbocycles. The first-order chi connectivity index (χ1) is 10.6. The number of aromatic nitrogens is 2. The molecule has 4 rings (SSSR count). The summed E-state index contributed by atoms with van der Waals surface area (Å²) in [6.07, 6.45) is 0. The van der Waals surface area contributed by atoms with Crippen LogP contribution in [-0.2, 0) is 7.05 Å². The third kappa shape index (κ3) is 1.65. The van der Waals surface area contributed by atoms with E-state index in [0.717, 1.165) is 17.1 Å². The fourth-order valence-electron chi connectivity index (χ4n) is 3.33. The van der Waals surface area contributed by atoms with Crippen molar-refractivity contribution in [2.24, 2.45) is 7.05 Å². The lowest BCUT2D eigenvalue weighted by Gasteiger charge is -2.16. The summed E-state index contributed by atoms with van der Waals surface area (Å²) in [6, 6.07) is 12.7. The maximum atomic E-state index is 5.39. The number of ether oxygens (including phenoxy) is 1. The minimum Gasteiger partial charge on any atom is -0.497 e. The zero-order chi connectivity index (χ0) is 15.4. The molecule has 2 aliphatic rings. The van der Waals surface area contributed by atoms with Gasteiger partial charge in [-0.1, -0.05) is 11.6 Å². The fourth-order valence-corrected chi connectivity index (χ4v) is 3.33. The van der Waals surface area contributed by atoms with Crippen molar-refractivity contribution in [2.75, 3.05) is 7.11 Å². The summed E-state index contributed by atoms with van der Waals surface area (Å²) in [5.74, 6) is 1.92. The molecule has 22 heavy (non-hydrogen) atoms. The zero-order valence-corrected chi connectivity index (χ0v) is 13.3. The second-order valence-electron chi connectivity index (χ2n) is 5.90. The summed E-state index contributed by atoms with van der Waals surface area (Å²) in [7, 11) is 3.78. The first kappa shape index (κ1) is 13.1. The van der Waals surface area contributed by atoms with E-state index < -0.39 is 0 Å². The lowest BCUT2D eigenvalue weighted by Crippen LogP contribution is -2.02. The van der Waals surface area contributed by atoms with E-state index in [9.17, 15) is 0 Å². The number of hydrogen-bond donors (Lipinski definition) is 0. The van der Waals surface area contributed by atoms with Crippen molar-refractivity contribution < 1.29 is 4.74 Å². The Balaban J connectivity index is 2.24. The van der Waals surface area contributed by atoms with Crippen LogP contribution in [0.3, 0.4) is 0 Å². The first-order valence-corrected chi connectivity index (χ1v) is 7.43. The lowest BCUT2D eigenvalue weighted by molar-refractivity contribution is 0.415. The highest BCUT2D eigenvalue weighted by molar-refractivity contribution is 6.04. The van der Waals surface area contributed by atoms with Crippen molar-refractivity contribution in [3.05, 3.63) is 47.5 Å². The van der Waals surface area contributed by atoms with Crippen LogP contribution in [0.4, 0.5) is 0 Å². The molecule has 2 aliphatic heterocycles. The summed E-state index contributed by atoms with van der Waals surface area (Å²) >= 11 is 0. The van der Waals surface area contributed by atoms with E-state index >= 15 is 0 Å².